The Morgan fingerprint density at radius 2 is 1.50 bits per heavy atom. The van der Waals surface area contributed by atoms with Gasteiger partial charge in [-0.15, -0.1) is 0 Å². The number of hydrogen-bond donors (Lipinski definition) is 5. The molecule has 0 unspecified atom stereocenters. The number of fused-ring (bicyclic) bond motifs is 1. The third-order valence-corrected chi connectivity index (χ3v) is 8.17. The number of carboxylic acid groups (broad SMARTS) is 1. The van der Waals surface area contributed by atoms with Crippen LogP contribution in [0.4, 0.5) is 5.69 Å². The van der Waals surface area contributed by atoms with Crippen LogP contribution in [0.2, 0.25) is 0 Å². The number of carbonyl (C=O) groups is 5. The second-order valence-corrected chi connectivity index (χ2v) is 12.1. The second kappa shape index (κ2) is 16.3. The maximum Gasteiger partial charge on any atom is 0.325 e. The summed E-state index contributed by atoms with van der Waals surface area (Å²) in [7, 11) is -0.519. The van der Waals surface area contributed by atoms with Crippen molar-refractivity contribution in [2.75, 3.05) is 38.7 Å². The molecule has 3 rings (SSSR count). The van der Waals surface area contributed by atoms with Crippen LogP contribution in [0.1, 0.15) is 18.9 Å². The Bertz CT molecular complexity index is 1680. The number of benzene rings is 3. The van der Waals surface area contributed by atoms with Gasteiger partial charge in [-0.05, 0) is 24.6 Å². The van der Waals surface area contributed by atoms with Gasteiger partial charge in [0, 0.05) is 37.0 Å². The van der Waals surface area contributed by atoms with Gasteiger partial charge in [-0.3, -0.25) is 24.0 Å². The number of amides is 3. The SMILES string of the molecule is CCOC(=O)CNC(=O)[C@H](CC(=O)O)NC(=O)[C@H](Cc1ccccc1)NC(=O)CNS(=O)(=O)c1cccc2c(N(C)C)cccc12. The van der Waals surface area contributed by atoms with Crippen LogP contribution < -0.4 is 25.6 Å². The average molecular weight is 656 g/mol. The minimum absolute atomic E-state index is 0.0366. The lowest BCUT2D eigenvalue weighted by atomic mass is 10.0. The summed E-state index contributed by atoms with van der Waals surface area (Å²) in [5.41, 5.74) is 1.43. The van der Waals surface area contributed by atoms with Crippen molar-refractivity contribution in [3.63, 3.8) is 0 Å². The molecule has 3 aromatic rings. The first-order valence-electron chi connectivity index (χ1n) is 14.3. The van der Waals surface area contributed by atoms with E-state index in [2.05, 4.69) is 20.7 Å². The Labute approximate surface area is 266 Å². The topological polar surface area (TPSA) is 200 Å². The van der Waals surface area contributed by atoms with Gasteiger partial charge in [0.15, 0.2) is 0 Å². The number of hydrogen-bond acceptors (Lipinski definition) is 9. The normalized spacial score (nSPS) is 12.4. The van der Waals surface area contributed by atoms with E-state index in [1.165, 1.54) is 6.07 Å². The molecule has 0 aromatic heterocycles. The number of sulfonamides is 1. The van der Waals surface area contributed by atoms with Crippen molar-refractivity contribution in [1.29, 1.82) is 0 Å². The number of esters is 1. The maximum atomic E-state index is 13.3. The molecule has 0 saturated carbocycles. The van der Waals surface area contributed by atoms with E-state index in [1.807, 2.05) is 25.1 Å². The van der Waals surface area contributed by atoms with Gasteiger partial charge in [-0.1, -0.05) is 54.6 Å². The van der Waals surface area contributed by atoms with Crippen molar-refractivity contribution in [1.82, 2.24) is 20.7 Å². The van der Waals surface area contributed by atoms with Gasteiger partial charge in [0.05, 0.1) is 24.5 Å². The van der Waals surface area contributed by atoms with Gasteiger partial charge < -0.3 is 30.7 Å². The molecular weight excluding hydrogens is 618 g/mol. The smallest absolute Gasteiger partial charge is 0.325 e. The van der Waals surface area contributed by atoms with Gasteiger partial charge in [0.2, 0.25) is 27.7 Å². The molecule has 2 atom stereocenters. The summed E-state index contributed by atoms with van der Waals surface area (Å²) in [6, 6.07) is 15.7. The van der Waals surface area contributed by atoms with Crippen molar-refractivity contribution < 1.29 is 42.2 Å². The number of carbonyl (C=O) groups excluding carboxylic acids is 4. The van der Waals surface area contributed by atoms with Crippen LogP contribution in [0.3, 0.4) is 0 Å². The third-order valence-electron chi connectivity index (χ3n) is 6.71. The summed E-state index contributed by atoms with van der Waals surface area (Å²) in [5, 5.41) is 17.5. The summed E-state index contributed by atoms with van der Waals surface area (Å²) < 4.78 is 33.6. The minimum Gasteiger partial charge on any atom is -0.481 e. The number of anilines is 1. The molecule has 0 heterocycles. The number of nitrogens with one attached hydrogen (secondary N) is 4. The third kappa shape index (κ3) is 10.0. The fourth-order valence-corrected chi connectivity index (χ4v) is 5.78. The molecule has 0 spiro atoms. The van der Waals surface area contributed by atoms with Crippen molar-refractivity contribution >= 4 is 56.1 Å². The monoisotopic (exact) mass is 655 g/mol. The molecule has 0 saturated heterocycles. The molecule has 0 aliphatic carbocycles. The average Bonchev–Trinajstić information content (AvgIpc) is 3.01. The van der Waals surface area contributed by atoms with Crippen LogP contribution in [-0.4, -0.2) is 89.1 Å². The second-order valence-electron chi connectivity index (χ2n) is 10.3. The summed E-state index contributed by atoms with van der Waals surface area (Å²) in [4.78, 5) is 63.9. The quantitative estimate of drug-likeness (QED) is 0.136. The first-order chi connectivity index (χ1) is 21.8. The van der Waals surface area contributed by atoms with Crippen LogP contribution in [-0.2, 0) is 45.2 Å². The molecule has 3 amide bonds. The fourth-order valence-electron chi connectivity index (χ4n) is 4.58. The van der Waals surface area contributed by atoms with Crippen molar-refractivity contribution in [3.05, 3.63) is 72.3 Å². The number of aliphatic carboxylic acids is 1. The predicted molar refractivity (Wildman–Crippen MR) is 169 cm³/mol. The fraction of sp³-hybridized carbons (Fsp3) is 0.323. The Kier molecular flexibility index (Phi) is 12.6. The largest absolute Gasteiger partial charge is 0.481 e. The van der Waals surface area contributed by atoms with Gasteiger partial charge in [-0.2, -0.15) is 0 Å². The van der Waals surface area contributed by atoms with Gasteiger partial charge >= 0.3 is 11.9 Å². The zero-order chi connectivity index (χ0) is 33.9. The number of rotatable bonds is 16. The van der Waals surface area contributed by atoms with E-state index in [-0.39, 0.29) is 17.9 Å². The van der Waals surface area contributed by atoms with Gasteiger partial charge in [0.25, 0.3) is 0 Å². The van der Waals surface area contributed by atoms with Crippen LogP contribution in [0.5, 0.6) is 0 Å². The minimum atomic E-state index is -4.19. The Morgan fingerprint density at radius 1 is 0.826 bits per heavy atom. The Hall–Kier alpha value is -5.02. The Balaban J connectivity index is 1.77. The molecule has 0 aliphatic heterocycles. The molecule has 15 heteroatoms. The van der Waals surface area contributed by atoms with E-state index in [4.69, 9.17) is 4.74 Å². The highest BCUT2D eigenvalue weighted by Crippen LogP contribution is 2.30. The molecule has 0 radical (unpaired) electrons. The highest BCUT2D eigenvalue weighted by molar-refractivity contribution is 7.89. The van der Waals surface area contributed by atoms with Crippen molar-refractivity contribution in [3.8, 4) is 0 Å². The summed E-state index contributed by atoms with van der Waals surface area (Å²) in [6.07, 6.45) is -0.876. The van der Waals surface area contributed by atoms with Crippen LogP contribution in [0.15, 0.2) is 71.6 Å². The zero-order valence-corrected chi connectivity index (χ0v) is 26.4. The van der Waals surface area contributed by atoms with Crippen molar-refractivity contribution in [2.24, 2.45) is 0 Å². The number of ether oxygens (including phenoxy) is 1. The van der Waals surface area contributed by atoms with E-state index in [9.17, 15) is 37.5 Å². The van der Waals surface area contributed by atoms with E-state index in [0.29, 0.717) is 16.3 Å². The summed E-state index contributed by atoms with van der Waals surface area (Å²) >= 11 is 0. The van der Waals surface area contributed by atoms with Crippen LogP contribution in [0, 0.1) is 0 Å². The molecule has 14 nitrogen and oxygen atoms in total. The standard InChI is InChI=1S/C31H37N5O9S/c1-4-45-29(40)19-32-30(41)24(17-28(38)39)35-31(42)23(16-20-10-6-5-7-11-20)34-27(37)18-33-46(43,44)26-15-9-12-21-22(26)13-8-14-25(21)36(2)3/h5-15,23-24,33H,4,16-19H2,1-3H3,(H,32,41)(H,34,37)(H,35,42)(H,38,39)/t23-,24-/m0/s1. The summed E-state index contributed by atoms with van der Waals surface area (Å²) in [6.45, 7) is 0.378. The molecule has 0 bridgehead atoms. The first kappa shape index (κ1) is 35.5. The first-order valence-corrected chi connectivity index (χ1v) is 15.8. The zero-order valence-electron chi connectivity index (χ0n) is 25.6. The molecular formula is C31H37N5O9S. The number of nitrogens with zero attached hydrogens (tertiary/aromatic N) is 1. The molecule has 246 valence electrons. The number of carboxylic acids is 1. The maximum absolute atomic E-state index is 13.3. The van der Waals surface area contributed by atoms with Gasteiger partial charge in [0.1, 0.15) is 18.6 Å². The lowest BCUT2D eigenvalue weighted by molar-refractivity contribution is -0.144. The van der Waals surface area contributed by atoms with E-state index < -0.39 is 71.3 Å². The Morgan fingerprint density at radius 3 is 2.15 bits per heavy atom. The predicted octanol–water partition coefficient (Wildman–Crippen LogP) is 0.550. The molecule has 5 N–H and O–H groups in total. The highest BCUT2D eigenvalue weighted by Gasteiger charge is 2.29. The molecule has 0 fully saturated rings. The van der Waals surface area contributed by atoms with Crippen molar-refractivity contribution in [2.45, 2.75) is 36.7 Å². The lowest BCUT2D eigenvalue weighted by Crippen LogP contribution is -2.56. The molecule has 0 aliphatic rings. The lowest BCUT2D eigenvalue weighted by Gasteiger charge is -2.22. The molecule has 3 aromatic carbocycles. The van der Waals surface area contributed by atoms with Gasteiger partial charge in [-0.25, -0.2) is 13.1 Å². The molecule has 46 heavy (non-hydrogen) atoms. The van der Waals surface area contributed by atoms with Crippen LogP contribution >= 0.6 is 0 Å². The summed E-state index contributed by atoms with van der Waals surface area (Å²) in [5.74, 6) is -4.86. The van der Waals surface area contributed by atoms with E-state index >= 15 is 0 Å². The highest BCUT2D eigenvalue weighted by atomic mass is 32.2. The van der Waals surface area contributed by atoms with Crippen LogP contribution in [0.25, 0.3) is 10.8 Å². The van der Waals surface area contributed by atoms with E-state index in [0.717, 1.165) is 5.69 Å². The van der Waals surface area contributed by atoms with E-state index in [1.54, 1.807) is 61.5 Å².